The lowest BCUT2D eigenvalue weighted by molar-refractivity contribution is 0.0989. The first-order chi connectivity index (χ1) is 8.09. The van der Waals surface area contributed by atoms with Crippen LogP contribution in [0.2, 0.25) is 0 Å². The summed E-state index contributed by atoms with van der Waals surface area (Å²) in [6, 6.07) is 6.45. The van der Waals surface area contributed by atoms with Gasteiger partial charge in [0.15, 0.2) is 0 Å². The Morgan fingerprint density at radius 3 is 2.88 bits per heavy atom. The molecule has 1 saturated heterocycles. The van der Waals surface area contributed by atoms with Gasteiger partial charge in [0, 0.05) is 23.8 Å². The van der Waals surface area contributed by atoms with Crippen LogP contribution in [0.5, 0.6) is 0 Å². The molecule has 1 fully saturated rings. The number of hydrogen-bond donors (Lipinski definition) is 2. The number of aryl methyl sites for hydroxylation is 1. The zero-order valence-corrected chi connectivity index (χ0v) is 10.4. The Morgan fingerprint density at radius 2 is 2.29 bits per heavy atom. The van der Waals surface area contributed by atoms with E-state index in [0.717, 1.165) is 30.9 Å². The van der Waals surface area contributed by atoms with Crippen molar-refractivity contribution >= 4 is 11.5 Å². The van der Waals surface area contributed by atoms with Crippen molar-refractivity contribution in [3.63, 3.8) is 0 Å². The normalized spacial score (nSPS) is 20.4. The summed E-state index contributed by atoms with van der Waals surface area (Å²) < 4.78 is 5.43. The van der Waals surface area contributed by atoms with Gasteiger partial charge in [-0.05, 0) is 37.6 Å². The van der Waals surface area contributed by atoms with Gasteiger partial charge in [-0.1, -0.05) is 0 Å². The van der Waals surface area contributed by atoms with E-state index >= 15 is 0 Å². The number of hydrogen-bond acceptors (Lipinski definition) is 3. The third-order valence-corrected chi connectivity index (χ3v) is 3.20. The summed E-state index contributed by atoms with van der Waals surface area (Å²) in [7, 11) is 0. The topological polar surface area (TPSA) is 62.3 Å². The fraction of sp³-hybridized carbons (Fsp3) is 0.462. The maximum atomic E-state index is 7.47. The smallest absolute Gasteiger partial charge is 0.123 e. The molecular formula is C13H19N3O. The number of amidine groups is 1. The molecule has 2 rings (SSSR count). The highest BCUT2D eigenvalue weighted by molar-refractivity contribution is 5.96. The van der Waals surface area contributed by atoms with Gasteiger partial charge in [-0.15, -0.1) is 0 Å². The fourth-order valence-electron chi connectivity index (χ4n) is 2.24. The number of morpholine rings is 1. The summed E-state index contributed by atoms with van der Waals surface area (Å²) in [5.74, 6) is 0.129. The maximum absolute atomic E-state index is 7.47. The van der Waals surface area contributed by atoms with Crippen molar-refractivity contribution in [2.75, 3.05) is 24.7 Å². The second-order valence-corrected chi connectivity index (χ2v) is 4.53. The van der Waals surface area contributed by atoms with Gasteiger partial charge in [-0.25, -0.2) is 0 Å². The average molecular weight is 233 g/mol. The number of anilines is 1. The predicted octanol–water partition coefficient (Wildman–Crippen LogP) is 1.50. The number of ether oxygens (including phenoxy) is 1. The molecule has 4 nitrogen and oxygen atoms in total. The standard InChI is InChI=1S/C13H19N3O/c1-9-7-11(3-4-12(9)13(14)15)16-5-6-17-8-10(16)2/h3-4,7,10H,5-6,8H2,1-2H3,(H3,14,15). The Balaban J connectivity index is 2.27. The van der Waals surface area contributed by atoms with E-state index in [9.17, 15) is 0 Å². The summed E-state index contributed by atoms with van der Waals surface area (Å²) >= 11 is 0. The van der Waals surface area contributed by atoms with Gasteiger partial charge in [-0.3, -0.25) is 5.41 Å². The van der Waals surface area contributed by atoms with Crippen molar-refractivity contribution in [2.45, 2.75) is 19.9 Å². The Labute approximate surface area is 102 Å². The molecule has 0 saturated carbocycles. The van der Waals surface area contributed by atoms with Gasteiger partial charge < -0.3 is 15.4 Å². The van der Waals surface area contributed by atoms with Crippen molar-refractivity contribution in [2.24, 2.45) is 5.73 Å². The van der Waals surface area contributed by atoms with Crippen LogP contribution in [-0.4, -0.2) is 31.6 Å². The number of nitrogens with one attached hydrogen (secondary N) is 1. The van der Waals surface area contributed by atoms with E-state index in [1.807, 2.05) is 19.1 Å². The molecular weight excluding hydrogens is 214 g/mol. The van der Waals surface area contributed by atoms with Crippen molar-refractivity contribution in [3.05, 3.63) is 29.3 Å². The van der Waals surface area contributed by atoms with Crippen LogP contribution in [0.4, 0.5) is 5.69 Å². The zero-order valence-electron chi connectivity index (χ0n) is 10.4. The molecule has 1 atom stereocenters. The van der Waals surface area contributed by atoms with E-state index in [0.29, 0.717) is 6.04 Å². The van der Waals surface area contributed by atoms with Gasteiger partial charge in [0.2, 0.25) is 0 Å². The maximum Gasteiger partial charge on any atom is 0.123 e. The molecule has 92 valence electrons. The molecule has 1 aliphatic rings. The lowest BCUT2D eigenvalue weighted by atomic mass is 10.1. The number of nitrogens with two attached hydrogens (primary N) is 1. The molecule has 0 aliphatic carbocycles. The number of rotatable bonds is 2. The highest BCUT2D eigenvalue weighted by Crippen LogP contribution is 2.22. The van der Waals surface area contributed by atoms with Crippen LogP contribution in [0, 0.1) is 12.3 Å². The van der Waals surface area contributed by atoms with E-state index in [2.05, 4.69) is 17.9 Å². The molecule has 17 heavy (non-hydrogen) atoms. The fourth-order valence-corrected chi connectivity index (χ4v) is 2.24. The first kappa shape index (κ1) is 11.9. The largest absolute Gasteiger partial charge is 0.384 e. The predicted molar refractivity (Wildman–Crippen MR) is 69.8 cm³/mol. The highest BCUT2D eigenvalue weighted by atomic mass is 16.5. The Bertz CT molecular complexity index is 431. The summed E-state index contributed by atoms with van der Waals surface area (Å²) in [5.41, 5.74) is 8.57. The molecule has 0 aromatic heterocycles. The van der Waals surface area contributed by atoms with Crippen molar-refractivity contribution < 1.29 is 4.74 Å². The van der Waals surface area contributed by atoms with E-state index < -0.39 is 0 Å². The van der Waals surface area contributed by atoms with Crippen LogP contribution in [0.25, 0.3) is 0 Å². The molecule has 1 unspecified atom stereocenters. The van der Waals surface area contributed by atoms with Gasteiger partial charge in [0.25, 0.3) is 0 Å². The Kier molecular flexibility index (Phi) is 3.33. The Hall–Kier alpha value is -1.55. The molecule has 1 heterocycles. The zero-order chi connectivity index (χ0) is 12.4. The van der Waals surface area contributed by atoms with Gasteiger partial charge >= 0.3 is 0 Å². The molecule has 0 amide bonds. The number of nitrogen functional groups attached to an aromatic ring is 1. The lowest BCUT2D eigenvalue weighted by Crippen LogP contribution is -2.43. The van der Waals surface area contributed by atoms with Crippen LogP contribution in [0.3, 0.4) is 0 Å². The van der Waals surface area contributed by atoms with Gasteiger partial charge in [0.1, 0.15) is 5.84 Å². The molecule has 0 bridgehead atoms. The van der Waals surface area contributed by atoms with E-state index in [1.165, 1.54) is 5.69 Å². The number of benzene rings is 1. The lowest BCUT2D eigenvalue weighted by Gasteiger charge is -2.35. The first-order valence-corrected chi connectivity index (χ1v) is 5.89. The first-order valence-electron chi connectivity index (χ1n) is 5.89. The molecule has 3 N–H and O–H groups in total. The number of nitrogens with zero attached hydrogens (tertiary/aromatic N) is 1. The average Bonchev–Trinajstić information content (AvgIpc) is 2.29. The highest BCUT2D eigenvalue weighted by Gasteiger charge is 2.19. The van der Waals surface area contributed by atoms with Gasteiger partial charge in [0.05, 0.1) is 13.2 Å². The minimum absolute atomic E-state index is 0.129. The second kappa shape index (κ2) is 4.75. The van der Waals surface area contributed by atoms with Crippen LogP contribution in [0.1, 0.15) is 18.1 Å². The SMILES string of the molecule is Cc1cc(N2CCOCC2C)ccc1C(=N)N. The minimum Gasteiger partial charge on any atom is -0.384 e. The molecule has 4 heteroatoms. The van der Waals surface area contributed by atoms with E-state index in [-0.39, 0.29) is 5.84 Å². The molecule has 0 radical (unpaired) electrons. The summed E-state index contributed by atoms with van der Waals surface area (Å²) in [6.45, 7) is 6.62. The van der Waals surface area contributed by atoms with Crippen LogP contribution in [-0.2, 0) is 4.74 Å². The molecule has 1 aromatic carbocycles. The van der Waals surface area contributed by atoms with E-state index in [4.69, 9.17) is 15.9 Å². The molecule has 1 aliphatic heterocycles. The Morgan fingerprint density at radius 1 is 1.53 bits per heavy atom. The van der Waals surface area contributed by atoms with Crippen molar-refractivity contribution in [1.82, 2.24) is 0 Å². The second-order valence-electron chi connectivity index (χ2n) is 4.53. The van der Waals surface area contributed by atoms with Crippen molar-refractivity contribution in [1.29, 1.82) is 5.41 Å². The third kappa shape index (κ3) is 2.42. The monoisotopic (exact) mass is 233 g/mol. The summed E-state index contributed by atoms with van der Waals surface area (Å²) in [6.07, 6.45) is 0. The van der Waals surface area contributed by atoms with Crippen LogP contribution < -0.4 is 10.6 Å². The molecule has 0 spiro atoms. The minimum atomic E-state index is 0.129. The quantitative estimate of drug-likeness (QED) is 0.601. The van der Waals surface area contributed by atoms with Crippen LogP contribution >= 0.6 is 0 Å². The van der Waals surface area contributed by atoms with Crippen LogP contribution in [0.15, 0.2) is 18.2 Å². The third-order valence-electron chi connectivity index (χ3n) is 3.20. The summed E-state index contributed by atoms with van der Waals surface area (Å²) in [4.78, 5) is 2.33. The van der Waals surface area contributed by atoms with Gasteiger partial charge in [-0.2, -0.15) is 0 Å². The van der Waals surface area contributed by atoms with Crippen molar-refractivity contribution in [3.8, 4) is 0 Å². The van der Waals surface area contributed by atoms with E-state index in [1.54, 1.807) is 0 Å². The summed E-state index contributed by atoms with van der Waals surface area (Å²) in [5, 5.41) is 7.47. The molecule has 1 aromatic rings.